The first-order valence-electron chi connectivity index (χ1n) is 10.5. The monoisotopic (exact) mass is 494 g/mol. The van der Waals surface area contributed by atoms with E-state index in [9.17, 15) is 18.0 Å². The van der Waals surface area contributed by atoms with Crippen molar-refractivity contribution < 1.29 is 22.7 Å². The number of hydrogen-bond donors (Lipinski definition) is 1. The second-order valence-corrected chi connectivity index (χ2v) is 10.5. The molecule has 33 heavy (non-hydrogen) atoms. The van der Waals surface area contributed by atoms with Crippen molar-refractivity contribution in [2.24, 2.45) is 0 Å². The molecule has 1 aromatic heterocycles. The molecule has 2 heterocycles. The summed E-state index contributed by atoms with van der Waals surface area (Å²) >= 11 is 5.89. The van der Waals surface area contributed by atoms with Gasteiger partial charge in [-0.2, -0.15) is 0 Å². The lowest BCUT2D eigenvalue weighted by molar-refractivity contribution is -0.133. The molecule has 3 rings (SSSR count). The van der Waals surface area contributed by atoms with Gasteiger partial charge in [0.15, 0.2) is 0 Å². The second-order valence-electron chi connectivity index (χ2n) is 7.82. The second kappa shape index (κ2) is 11.3. The summed E-state index contributed by atoms with van der Waals surface area (Å²) in [7, 11) is -3.31. The lowest BCUT2D eigenvalue weighted by atomic mass is 10.1. The number of piperazine rings is 1. The average molecular weight is 495 g/mol. The third-order valence-corrected chi connectivity index (χ3v) is 6.41. The molecule has 1 aliphatic rings. The standard InChI is InChI=1S/C22H27ClN4O5S/c1-33(30,31)14-9-19(25-22(29)32-16-17-5-3-2-4-6-17)21(28)27-12-10-26(11-13-27)20-8-7-18(23)15-24-20/h2-8,15,19H,9-14,16H2,1H3,(H,25,29). The zero-order valence-electron chi connectivity index (χ0n) is 18.3. The number of aromatic nitrogens is 1. The van der Waals surface area contributed by atoms with Gasteiger partial charge in [-0.05, 0) is 24.1 Å². The zero-order chi connectivity index (χ0) is 23.8. The van der Waals surface area contributed by atoms with Gasteiger partial charge in [-0.1, -0.05) is 41.9 Å². The van der Waals surface area contributed by atoms with Crippen LogP contribution in [-0.4, -0.2) is 74.5 Å². The van der Waals surface area contributed by atoms with Crippen LogP contribution in [0.2, 0.25) is 5.02 Å². The van der Waals surface area contributed by atoms with Gasteiger partial charge >= 0.3 is 6.09 Å². The van der Waals surface area contributed by atoms with Crippen molar-refractivity contribution in [1.82, 2.24) is 15.2 Å². The Kier molecular flexibility index (Phi) is 8.51. The van der Waals surface area contributed by atoms with Crippen LogP contribution >= 0.6 is 11.6 Å². The highest BCUT2D eigenvalue weighted by Gasteiger charge is 2.30. The Hall–Kier alpha value is -2.85. The van der Waals surface area contributed by atoms with Gasteiger partial charge in [-0.25, -0.2) is 18.2 Å². The van der Waals surface area contributed by atoms with E-state index in [1.165, 1.54) is 0 Å². The van der Waals surface area contributed by atoms with Gasteiger partial charge in [0.25, 0.3) is 0 Å². The molecule has 1 N–H and O–H groups in total. The highest BCUT2D eigenvalue weighted by atomic mass is 35.5. The number of anilines is 1. The van der Waals surface area contributed by atoms with Crippen molar-refractivity contribution in [3.05, 3.63) is 59.2 Å². The van der Waals surface area contributed by atoms with Crippen LogP contribution in [0.25, 0.3) is 0 Å². The number of hydrogen-bond acceptors (Lipinski definition) is 7. The molecule has 1 aliphatic heterocycles. The van der Waals surface area contributed by atoms with E-state index in [2.05, 4.69) is 10.3 Å². The van der Waals surface area contributed by atoms with Gasteiger partial charge in [-0.3, -0.25) is 4.79 Å². The van der Waals surface area contributed by atoms with Crippen LogP contribution in [0.15, 0.2) is 48.7 Å². The summed E-state index contributed by atoms with van der Waals surface area (Å²) in [5, 5.41) is 3.10. The number of amides is 2. The molecule has 0 spiro atoms. The van der Waals surface area contributed by atoms with Crippen molar-refractivity contribution in [1.29, 1.82) is 0 Å². The highest BCUT2D eigenvalue weighted by Crippen LogP contribution is 2.17. The topological polar surface area (TPSA) is 109 Å². The molecule has 0 saturated carbocycles. The van der Waals surface area contributed by atoms with Gasteiger partial charge in [-0.15, -0.1) is 0 Å². The first kappa shape index (κ1) is 24.8. The smallest absolute Gasteiger partial charge is 0.408 e. The van der Waals surface area contributed by atoms with Crippen LogP contribution in [-0.2, 0) is 26.0 Å². The summed E-state index contributed by atoms with van der Waals surface area (Å²) < 4.78 is 28.5. The fourth-order valence-corrected chi connectivity index (χ4v) is 4.20. The number of ether oxygens (including phenoxy) is 1. The maximum atomic E-state index is 13.1. The lowest BCUT2D eigenvalue weighted by Crippen LogP contribution is -2.55. The number of sulfone groups is 1. The fraction of sp³-hybridized carbons (Fsp3) is 0.409. The summed E-state index contributed by atoms with van der Waals surface area (Å²) in [5.74, 6) is 0.207. The highest BCUT2D eigenvalue weighted by molar-refractivity contribution is 7.90. The van der Waals surface area contributed by atoms with Crippen molar-refractivity contribution in [2.75, 3.05) is 43.1 Å². The largest absolute Gasteiger partial charge is 0.445 e. The summed E-state index contributed by atoms with van der Waals surface area (Å²) in [6, 6.07) is 11.7. The van der Waals surface area contributed by atoms with E-state index in [0.717, 1.165) is 17.6 Å². The molecule has 1 fully saturated rings. The SMILES string of the molecule is CS(=O)(=O)CCC(NC(=O)OCc1ccccc1)C(=O)N1CCN(c2ccc(Cl)cn2)CC1. The normalized spacial score (nSPS) is 15.1. The summed E-state index contributed by atoms with van der Waals surface area (Å²) in [4.78, 5) is 33.4. The fourth-order valence-electron chi connectivity index (χ4n) is 3.43. The van der Waals surface area contributed by atoms with E-state index in [1.54, 1.807) is 17.2 Å². The Morgan fingerprint density at radius 2 is 1.82 bits per heavy atom. The van der Waals surface area contributed by atoms with Crippen molar-refractivity contribution in [3.63, 3.8) is 0 Å². The van der Waals surface area contributed by atoms with Crippen LogP contribution in [0.4, 0.5) is 10.6 Å². The molecule has 0 bridgehead atoms. The molecule has 1 atom stereocenters. The molecule has 2 aromatic rings. The predicted octanol–water partition coefficient (Wildman–Crippen LogP) is 2.11. The summed E-state index contributed by atoms with van der Waals surface area (Å²) in [6.45, 7) is 1.99. The number of nitrogens with one attached hydrogen (secondary N) is 1. The molecule has 178 valence electrons. The van der Waals surface area contributed by atoms with E-state index >= 15 is 0 Å². The molecule has 9 nitrogen and oxygen atoms in total. The molecular formula is C22H27ClN4O5S. The van der Waals surface area contributed by atoms with Gasteiger partial charge < -0.3 is 19.9 Å². The van der Waals surface area contributed by atoms with Gasteiger partial charge in [0.1, 0.15) is 28.3 Å². The minimum Gasteiger partial charge on any atom is -0.445 e. The van der Waals surface area contributed by atoms with E-state index in [-0.39, 0.29) is 24.7 Å². The quantitative estimate of drug-likeness (QED) is 0.598. The maximum absolute atomic E-state index is 13.1. The van der Waals surface area contributed by atoms with Crippen molar-refractivity contribution >= 4 is 39.3 Å². The Morgan fingerprint density at radius 1 is 1.12 bits per heavy atom. The number of nitrogens with zero attached hydrogens (tertiary/aromatic N) is 3. The summed E-state index contributed by atoms with van der Waals surface area (Å²) in [5.41, 5.74) is 0.804. The van der Waals surface area contributed by atoms with Gasteiger partial charge in [0.05, 0.1) is 10.8 Å². The van der Waals surface area contributed by atoms with E-state index in [4.69, 9.17) is 16.3 Å². The van der Waals surface area contributed by atoms with Crippen LogP contribution in [0.1, 0.15) is 12.0 Å². The lowest BCUT2D eigenvalue weighted by Gasteiger charge is -2.37. The number of halogens is 1. The van der Waals surface area contributed by atoms with Crippen LogP contribution < -0.4 is 10.2 Å². The Labute approximate surface area is 198 Å². The number of rotatable bonds is 8. The molecule has 0 radical (unpaired) electrons. The van der Waals surface area contributed by atoms with Crippen molar-refractivity contribution in [2.45, 2.75) is 19.1 Å². The Morgan fingerprint density at radius 3 is 2.42 bits per heavy atom. The van der Waals surface area contributed by atoms with Crippen molar-refractivity contribution in [3.8, 4) is 0 Å². The van der Waals surface area contributed by atoms with Crippen LogP contribution in [0, 0.1) is 0 Å². The molecule has 0 aliphatic carbocycles. The molecule has 2 amide bonds. The molecule has 1 saturated heterocycles. The Balaban J connectivity index is 1.58. The van der Waals surface area contributed by atoms with Gasteiger partial charge in [0, 0.05) is 38.6 Å². The van der Waals surface area contributed by atoms with Gasteiger partial charge in [0.2, 0.25) is 5.91 Å². The first-order chi connectivity index (χ1) is 15.7. The van der Waals surface area contributed by atoms with E-state index in [0.29, 0.717) is 31.2 Å². The predicted molar refractivity (Wildman–Crippen MR) is 126 cm³/mol. The number of carbonyl (C=O) groups excluding carboxylic acids is 2. The third kappa shape index (κ3) is 7.90. The van der Waals surface area contributed by atoms with E-state index < -0.39 is 22.0 Å². The minimum absolute atomic E-state index is 0.0307. The minimum atomic E-state index is -3.31. The number of alkyl carbamates (subject to hydrolysis) is 1. The third-order valence-electron chi connectivity index (χ3n) is 5.21. The maximum Gasteiger partial charge on any atom is 0.408 e. The molecular weight excluding hydrogens is 468 g/mol. The first-order valence-corrected chi connectivity index (χ1v) is 13.0. The van der Waals surface area contributed by atoms with E-state index in [1.807, 2.05) is 41.3 Å². The zero-order valence-corrected chi connectivity index (χ0v) is 19.9. The van der Waals surface area contributed by atoms with Crippen LogP contribution in [0.3, 0.4) is 0 Å². The number of pyridine rings is 1. The van der Waals surface area contributed by atoms with Crippen LogP contribution in [0.5, 0.6) is 0 Å². The Bertz CT molecular complexity index is 1040. The summed E-state index contributed by atoms with van der Waals surface area (Å²) in [6.07, 6.45) is 1.87. The number of carbonyl (C=O) groups is 2. The molecule has 1 unspecified atom stereocenters. The molecule has 1 aromatic carbocycles. The number of benzene rings is 1. The molecule has 11 heteroatoms. The average Bonchev–Trinajstić information content (AvgIpc) is 2.81.